The number of ether oxygens (including phenoxy) is 2. The van der Waals surface area contributed by atoms with E-state index in [1.807, 2.05) is 36.9 Å². The summed E-state index contributed by atoms with van der Waals surface area (Å²) in [7, 11) is 1.59. The number of carbonyl (C=O) groups is 2. The van der Waals surface area contributed by atoms with Crippen molar-refractivity contribution in [2.24, 2.45) is 0 Å². The van der Waals surface area contributed by atoms with Crippen molar-refractivity contribution in [1.29, 1.82) is 0 Å². The van der Waals surface area contributed by atoms with Crippen molar-refractivity contribution in [1.82, 2.24) is 10.2 Å². The maximum atomic E-state index is 12.6. The molecule has 0 unspecified atom stereocenters. The van der Waals surface area contributed by atoms with E-state index in [0.717, 1.165) is 24.0 Å². The van der Waals surface area contributed by atoms with Gasteiger partial charge in [-0.1, -0.05) is 6.07 Å². The van der Waals surface area contributed by atoms with Gasteiger partial charge in [0, 0.05) is 31.8 Å². The first-order chi connectivity index (χ1) is 12.0. The number of benzene rings is 1. The minimum absolute atomic E-state index is 0.0468. The van der Waals surface area contributed by atoms with Crippen LogP contribution in [0.4, 0.5) is 0 Å². The van der Waals surface area contributed by atoms with Gasteiger partial charge < -0.3 is 19.7 Å². The number of likely N-dealkylation sites (tertiary alicyclic amines) is 1. The first-order valence-electron chi connectivity index (χ1n) is 8.74. The summed E-state index contributed by atoms with van der Waals surface area (Å²) in [6.45, 7) is 6.30. The molecule has 1 heterocycles. The summed E-state index contributed by atoms with van der Waals surface area (Å²) in [6.07, 6.45) is 1.53. The molecule has 0 atom stereocenters. The molecule has 1 aromatic rings. The fourth-order valence-electron chi connectivity index (χ4n) is 2.86. The van der Waals surface area contributed by atoms with Gasteiger partial charge in [-0.25, -0.2) is 0 Å². The topological polar surface area (TPSA) is 67.9 Å². The molecule has 2 amide bonds. The number of nitrogens with zero attached hydrogens (tertiary/aromatic N) is 1. The zero-order chi connectivity index (χ0) is 18.2. The number of hydrogen-bond donors (Lipinski definition) is 1. The van der Waals surface area contributed by atoms with Gasteiger partial charge in [0.2, 0.25) is 5.91 Å². The number of piperidine rings is 1. The zero-order valence-corrected chi connectivity index (χ0v) is 15.3. The number of aryl methyl sites for hydroxylation is 2. The Kier molecular flexibility index (Phi) is 7.40. The van der Waals surface area contributed by atoms with Crippen LogP contribution in [-0.2, 0) is 14.3 Å². The average molecular weight is 348 g/mol. The number of nitrogens with one attached hydrogen (secondary N) is 1. The third-order valence-corrected chi connectivity index (χ3v) is 4.57. The van der Waals surface area contributed by atoms with Gasteiger partial charge in [0.25, 0.3) is 5.91 Å². The van der Waals surface area contributed by atoms with Crippen LogP contribution in [0, 0.1) is 13.8 Å². The van der Waals surface area contributed by atoms with Crippen molar-refractivity contribution in [3.05, 3.63) is 34.9 Å². The Balaban J connectivity index is 1.76. The molecule has 0 saturated carbocycles. The van der Waals surface area contributed by atoms with Crippen molar-refractivity contribution in [2.45, 2.75) is 32.7 Å². The van der Waals surface area contributed by atoms with Gasteiger partial charge in [-0.05, 0) is 49.9 Å². The molecule has 1 fully saturated rings. The number of hydrogen-bond acceptors (Lipinski definition) is 4. The number of carbonyl (C=O) groups excluding carboxylic acids is 2. The second-order valence-corrected chi connectivity index (χ2v) is 6.48. The molecule has 2 rings (SSSR count). The second kappa shape index (κ2) is 9.53. The molecule has 1 aliphatic rings. The molecule has 138 valence electrons. The van der Waals surface area contributed by atoms with Crippen LogP contribution in [0.1, 0.15) is 34.3 Å². The Hall–Kier alpha value is -1.92. The molecule has 0 spiro atoms. The SMILES string of the molecule is COCCOCC(=O)NC1CCN(C(=O)c2ccc(C)c(C)c2)CC1. The lowest BCUT2D eigenvalue weighted by Crippen LogP contribution is -2.47. The van der Waals surface area contributed by atoms with E-state index >= 15 is 0 Å². The Morgan fingerprint density at radius 3 is 2.52 bits per heavy atom. The van der Waals surface area contributed by atoms with Gasteiger partial charge in [-0.2, -0.15) is 0 Å². The molecule has 6 nitrogen and oxygen atoms in total. The van der Waals surface area contributed by atoms with E-state index in [2.05, 4.69) is 5.32 Å². The summed E-state index contributed by atoms with van der Waals surface area (Å²) in [5.41, 5.74) is 3.05. The van der Waals surface area contributed by atoms with Gasteiger partial charge in [-0.15, -0.1) is 0 Å². The van der Waals surface area contributed by atoms with Crippen LogP contribution in [-0.4, -0.2) is 62.8 Å². The van der Waals surface area contributed by atoms with Crippen LogP contribution in [0.15, 0.2) is 18.2 Å². The van der Waals surface area contributed by atoms with Crippen LogP contribution in [0.3, 0.4) is 0 Å². The highest BCUT2D eigenvalue weighted by atomic mass is 16.5. The normalized spacial score (nSPS) is 15.2. The molecular formula is C19H28N2O4. The highest BCUT2D eigenvalue weighted by Gasteiger charge is 2.24. The Morgan fingerprint density at radius 2 is 1.88 bits per heavy atom. The third-order valence-electron chi connectivity index (χ3n) is 4.57. The Labute approximate surface area is 149 Å². The summed E-state index contributed by atoms with van der Waals surface area (Å²) in [6, 6.07) is 5.92. The number of amides is 2. The van der Waals surface area contributed by atoms with Crippen LogP contribution in [0.2, 0.25) is 0 Å². The van der Waals surface area contributed by atoms with Crippen LogP contribution in [0.25, 0.3) is 0 Å². The van der Waals surface area contributed by atoms with Gasteiger partial charge in [0.15, 0.2) is 0 Å². The molecule has 1 aromatic carbocycles. The van der Waals surface area contributed by atoms with E-state index in [4.69, 9.17) is 9.47 Å². The summed E-state index contributed by atoms with van der Waals surface area (Å²) < 4.78 is 10.1. The van der Waals surface area contributed by atoms with E-state index in [1.165, 1.54) is 5.56 Å². The average Bonchev–Trinajstić information content (AvgIpc) is 2.61. The van der Waals surface area contributed by atoms with Crippen molar-refractivity contribution in [2.75, 3.05) is 40.0 Å². The molecular weight excluding hydrogens is 320 g/mol. The predicted molar refractivity (Wildman–Crippen MR) is 95.7 cm³/mol. The molecule has 1 aliphatic heterocycles. The first-order valence-corrected chi connectivity index (χ1v) is 8.74. The summed E-state index contributed by atoms with van der Waals surface area (Å²) >= 11 is 0. The standard InChI is InChI=1S/C19H28N2O4/c1-14-4-5-16(12-15(14)2)19(23)21-8-6-17(7-9-21)20-18(22)13-25-11-10-24-3/h4-5,12,17H,6-11,13H2,1-3H3,(H,20,22). The fraction of sp³-hybridized carbons (Fsp3) is 0.579. The number of methoxy groups -OCH3 is 1. The minimum atomic E-state index is -0.116. The lowest BCUT2D eigenvalue weighted by Gasteiger charge is -2.32. The number of rotatable bonds is 7. The highest BCUT2D eigenvalue weighted by molar-refractivity contribution is 5.94. The quantitative estimate of drug-likeness (QED) is 0.762. The monoisotopic (exact) mass is 348 g/mol. The van der Waals surface area contributed by atoms with Crippen LogP contribution < -0.4 is 5.32 Å². The molecule has 1 N–H and O–H groups in total. The molecule has 0 bridgehead atoms. The first kappa shape index (κ1) is 19.4. The molecule has 0 aromatic heterocycles. The van der Waals surface area contributed by atoms with Crippen molar-refractivity contribution in [3.8, 4) is 0 Å². The van der Waals surface area contributed by atoms with E-state index in [9.17, 15) is 9.59 Å². The second-order valence-electron chi connectivity index (χ2n) is 6.48. The molecule has 0 aliphatic carbocycles. The smallest absolute Gasteiger partial charge is 0.253 e. The summed E-state index contributed by atoms with van der Waals surface area (Å²) in [5, 5.41) is 2.97. The third kappa shape index (κ3) is 5.83. The predicted octanol–water partition coefficient (Wildman–Crippen LogP) is 1.69. The summed E-state index contributed by atoms with van der Waals surface area (Å²) in [4.78, 5) is 26.3. The van der Waals surface area contributed by atoms with Crippen molar-refractivity contribution >= 4 is 11.8 Å². The van der Waals surface area contributed by atoms with Gasteiger partial charge in [-0.3, -0.25) is 9.59 Å². The van der Waals surface area contributed by atoms with Crippen LogP contribution in [0.5, 0.6) is 0 Å². The lowest BCUT2D eigenvalue weighted by molar-refractivity contribution is -0.127. The maximum Gasteiger partial charge on any atom is 0.253 e. The van der Waals surface area contributed by atoms with Crippen molar-refractivity contribution < 1.29 is 19.1 Å². The van der Waals surface area contributed by atoms with Gasteiger partial charge >= 0.3 is 0 Å². The Bertz CT molecular complexity index is 595. The van der Waals surface area contributed by atoms with E-state index < -0.39 is 0 Å². The highest BCUT2D eigenvalue weighted by Crippen LogP contribution is 2.16. The Morgan fingerprint density at radius 1 is 1.16 bits per heavy atom. The maximum absolute atomic E-state index is 12.6. The lowest BCUT2D eigenvalue weighted by atomic mass is 10.0. The molecule has 25 heavy (non-hydrogen) atoms. The van der Waals surface area contributed by atoms with E-state index in [1.54, 1.807) is 7.11 Å². The zero-order valence-electron chi connectivity index (χ0n) is 15.3. The van der Waals surface area contributed by atoms with Gasteiger partial charge in [0.05, 0.1) is 13.2 Å². The van der Waals surface area contributed by atoms with Gasteiger partial charge in [0.1, 0.15) is 6.61 Å². The fourth-order valence-corrected chi connectivity index (χ4v) is 2.86. The minimum Gasteiger partial charge on any atom is -0.382 e. The van der Waals surface area contributed by atoms with Crippen LogP contribution >= 0.6 is 0 Å². The molecule has 0 radical (unpaired) electrons. The largest absolute Gasteiger partial charge is 0.382 e. The van der Waals surface area contributed by atoms with Crippen molar-refractivity contribution in [3.63, 3.8) is 0 Å². The molecule has 6 heteroatoms. The molecule has 1 saturated heterocycles. The summed E-state index contributed by atoms with van der Waals surface area (Å²) in [5.74, 6) is -0.0502. The van der Waals surface area contributed by atoms with E-state index in [-0.39, 0.29) is 24.5 Å². The van der Waals surface area contributed by atoms with E-state index in [0.29, 0.717) is 26.3 Å².